The number of rotatable bonds is 4. The molecule has 120 valence electrons. The molecule has 2 amide bonds. The summed E-state index contributed by atoms with van der Waals surface area (Å²) < 4.78 is 0. The van der Waals surface area contributed by atoms with Gasteiger partial charge in [-0.2, -0.15) is 5.26 Å². The molecule has 2 aromatic carbocycles. The van der Waals surface area contributed by atoms with Crippen LogP contribution < -0.4 is 10.6 Å². The molecular formula is C19H17N3O2. The molecule has 0 aliphatic rings. The fraction of sp³-hybridized carbons (Fsp3) is 0.105. The highest BCUT2D eigenvalue weighted by Gasteiger charge is 2.09. The predicted octanol–water partition coefficient (Wildman–Crippen LogP) is 3.50. The van der Waals surface area contributed by atoms with Crippen LogP contribution in [0.1, 0.15) is 18.1 Å². The first-order valence-electron chi connectivity index (χ1n) is 7.35. The molecule has 2 N–H and O–H groups in total. The van der Waals surface area contributed by atoms with E-state index in [1.807, 2.05) is 37.3 Å². The Balaban J connectivity index is 2.12. The maximum atomic E-state index is 12.2. The lowest BCUT2D eigenvalue weighted by Crippen LogP contribution is -2.13. The molecule has 0 aliphatic heterocycles. The molecule has 0 fully saturated rings. The average Bonchev–Trinajstić information content (AvgIpc) is 2.54. The Labute approximate surface area is 140 Å². The minimum absolute atomic E-state index is 0.0199. The van der Waals surface area contributed by atoms with Crippen LogP contribution in [0.5, 0.6) is 0 Å². The first-order valence-corrected chi connectivity index (χ1v) is 7.35. The van der Waals surface area contributed by atoms with Gasteiger partial charge < -0.3 is 10.6 Å². The quantitative estimate of drug-likeness (QED) is 0.668. The lowest BCUT2D eigenvalue weighted by molar-refractivity contribution is -0.114. The smallest absolute Gasteiger partial charge is 0.266 e. The summed E-state index contributed by atoms with van der Waals surface area (Å²) in [5, 5.41) is 14.5. The van der Waals surface area contributed by atoms with E-state index < -0.39 is 5.91 Å². The predicted molar refractivity (Wildman–Crippen MR) is 94.1 cm³/mol. The van der Waals surface area contributed by atoms with Crippen molar-refractivity contribution in [1.82, 2.24) is 0 Å². The molecule has 0 unspecified atom stereocenters. The Morgan fingerprint density at radius 3 is 2.21 bits per heavy atom. The summed E-state index contributed by atoms with van der Waals surface area (Å²) in [5.41, 5.74) is 3.04. The monoisotopic (exact) mass is 319 g/mol. The van der Waals surface area contributed by atoms with Crippen LogP contribution in [-0.4, -0.2) is 11.8 Å². The van der Waals surface area contributed by atoms with Gasteiger partial charge in [0.2, 0.25) is 5.91 Å². The minimum Gasteiger partial charge on any atom is -0.326 e. The van der Waals surface area contributed by atoms with Crippen molar-refractivity contribution in [2.24, 2.45) is 0 Å². The molecule has 0 aromatic heterocycles. The Bertz CT molecular complexity index is 830. The molecule has 0 saturated carbocycles. The average molecular weight is 319 g/mol. The second-order valence-corrected chi connectivity index (χ2v) is 5.30. The van der Waals surface area contributed by atoms with Gasteiger partial charge in [-0.15, -0.1) is 0 Å². The van der Waals surface area contributed by atoms with Crippen molar-refractivity contribution in [2.45, 2.75) is 13.8 Å². The second-order valence-electron chi connectivity index (χ2n) is 5.30. The number of anilines is 2. The lowest BCUT2D eigenvalue weighted by Gasteiger charge is -2.06. The van der Waals surface area contributed by atoms with E-state index in [0.29, 0.717) is 11.4 Å². The van der Waals surface area contributed by atoms with Crippen LogP contribution in [0.15, 0.2) is 54.1 Å². The highest BCUT2D eigenvalue weighted by Crippen LogP contribution is 2.15. The second kappa shape index (κ2) is 7.75. The van der Waals surface area contributed by atoms with Gasteiger partial charge in [-0.25, -0.2) is 0 Å². The summed E-state index contributed by atoms with van der Waals surface area (Å²) in [6.45, 7) is 3.37. The van der Waals surface area contributed by atoms with Crippen LogP contribution in [-0.2, 0) is 9.59 Å². The van der Waals surface area contributed by atoms with E-state index in [9.17, 15) is 14.9 Å². The van der Waals surface area contributed by atoms with Crippen LogP contribution in [0.4, 0.5) is 11.4 Å². The number of benzene rings is 2. The van der Waals surface area contributed by atoms with Crippen molar-refractivity contribution in [3.05, 3.63) is 65.2 Å². The van der Waals surface area contributed by atoms with E-state index >= 15 is 0 Å². The molecule has 2 aromatic rings. The third-order valence-corrected chi connectivity index (χ3v) is 3.18. The van der Waals surface area contributed by atoms with Gasteiger partial charge in [0.05, 0.1) is 0 Å². The minimum atomic E-state index is -0.480. The number of nitriles is 1. The zero-order valence-electron chi connectivity index (χ0n) is 13.5. The van der Waals surface area contributed by atoms with Crippen molar-refractivity contribution in [3.8, 4) is 6.07 Å². The van der Waals surface area contributed by atoms with E-state index in [2.05, 4.69) is 10.6 Å². The highest BCUT2D eigenvalue weighted by molar-refractivity contribution is 6.09. The fourth-order valence-corrected chi connectivity index (χ4v) is 2.11. The maximum absolute atomic E-state index is 12.2. The van der Waals surface area contributed by atoms with Crippen molar-refractivity contribution < 1.29 is 9.59 Å². The molecule has 2 rings (SSSR count). The molecule has 24 heavy (non-hydrogen) atoms. The molecule has 0 heterocycles. The van der Waals surface area contributed by atoms with E-state index in [1.54, 1.807) is 30.3 Å². The highest BCUT2D eigenvalue weighted by atomic mass is 16.2. The normalized spacial score (nSPS) is 10.6. The Hall–Kier alpha value is -3.39. The molecule has 0 spiro atoms. The molecular weight excluding hydrogens is 302 g/mol. The van der Waals surface area contributed by atoms with Gasteiger partial charge in [0.1, 0.15) is 11.6 Å². The van der Waals surface area contributed by atoms with E-state index in [0.717, 1.165) is 11.1 Å². The van der Waals surface area contributed by atoms with Crippen molar-refractivity contribution in [2.75, 3.05) is 10.6 Å². The van der Waals surface area contributed by atoms with Crippen LogP contribution in [0, 0.1) is 18.3 Å². The SMILES string of the molecule is CC(=O)Nc1ccc(NC(=O)/C(C#N)=C/c2cccc(C)c2)cc1. The molecule has 0 saturated heterocycles. The number of amides is 2. The van der Waals surface area contributed by atoms with Crippen LogP contribution >= 0.6 is 0 Å². The Morgan fingerprint density at radius 2 is 1.67 bits per heavy atom. The van der Waals surface area contributed by atoms with Gasteiger partial charge in [-0.3, -0.25) is 9.59 Å². The largest absolute Gasteiger partial charge is 0.326 e. The first kappa shape index (κ1) is 17.0. The summed E-state index contributed by atoms with van der Waals surface area (Å²) in [4.78, 5) is 23.2. The van der Waals surface area contributed by atoms with Crippen molar-refractivity contribution >= 4 is 29.3 Å². The zero-order chi connectivity index (χ0) is 17.5. The number of nitrogens with one attached hydrogen (secondary N) is 2. The molecule has 0 atom stereocenters. The lowest BCUT2D eigenvalue weighted by atomic mass is 10.1. The third-order valence-electron chi connectivity index (χ3n) is 3.18. The van der Waals surface area contributed by atoms with Crippen LogP contribution in [0.2, 0.25) is 0 Å². The summed E-state index contributed by atoms with van der Waals surface area (Å²) in [5.74, 6) is -0.647. The number of nitrogens with zero attached hydrogens (tertiary/aromatic N) is 1. The molecule has 0 bridgehead atoms. The summed E-state index contributed by atoms with van der Waals surface area (Å²) in [7, 11) is 0. The van der Waals surface area contributed by atoms with Gasteiger partial charge in [-0.05, 0) is 42.8 Å². The van der Waals surface area contributed by atoms with E-state index in [-0.39, 0.29) is 11.5 Å². The maximum Gasteiger partial charge on any atom is 0.266 e. The van der Waals surface area contributed by atoms with Crippen molar-refractivity contribution in [3.63, 3.8) is 0 Å². The standard InChI is InChI=1S/C19H17N3O2/c1-13-4-3-5-15(10-13)11-16(12-20)19(24)22-18-8-6-17(7-9-18)21-14(2)23/h3-11H,1-2H3,(H,21,23)(H,22,24)/b16-11+. The molecule has 0 radical (unpaired) electrons. The van der Waals surface area contributed by atoms with Gasteiger partial charge in [0.25, 0.3) is 5.91 Å². The number of carbonyl (C=O) groups is 2. The number of hydrogen-bond donors (Lipinski definition) is 2. The first-order chi connectivity index (χ1) is 11.5. The topological polar surface area (TPSA) is 82.0 Å². The Kier molecular flexibility index (Phi) is 5.48. The number of aryl methyl sites for hydroxylation is 1. The van der Waals surface area contributed by atoms with Gasteiger partial charge in [0, 0.05) is 18.3 Å². The van der Waals surface area contributed by atoms with Gasteiger partial charge in [-0.1, -0.05) is 29.8 Å². The zero-order valence-corrected chi connectivity index (χ0v) is 13.5. The summed E-state index contributed by atoms with van der Waals surface area (Å²) in [6.07, 6.45) is 1.55. The van der Waals surface area contributed by atoms with Crippen LogP contribution in [0.3, 0.4) is 0 Å². The van der Waals surface area contributed by atoms with Gasteiger partial charge in [0.15, 0.2) is 0 Å². The van der Waals surface area contributed by atoms with E-state index in [4.69, 9.17) is 0 Å². The Morgan fingerprint density at radius 1 is 1.04 bits per heavy atom. The molecule has 5 nitrogen and oxygen atoms in total. The third kappa shape index (κ3) is 4.82. The molecule has 5 heteroatoms. The number of hydrogen-bond acceptors (Lipinski definition) is 3. The van der Waals surface area contributed by atoms with Crippen molar-refractivity contribution in [1.29, 1.82) is 5.26 Å². The van der Waals surface area contributed by atoms with Gasteiger partial charge >= 0.3 is 0 Å². The van der Waals surface area contributed by atoms with E-state index in [1.165, 1.54) is 6.92 Å². The van der Waals surface area contributed by atoms with Crippen LogP contribution in [0.25, 0.3) is 6.08 Å². The fourth-order valence-electron chi connectivity index (χ4n) is 2.11. The molecule has 0 aliphatic carbocycles. The summed E-state index contributed by atoms with van der Waals surface area (Å²) in [6, 6.07) is 16.1. The number of carbonyl (C=O) groups excluding carboxylic acids is 2. The summed E-state index contributed by atoms with van der Waals surface area (Å²) >= 11 is 0.